The normalized spacial score (nSPS) is 14.4. The second-order valence-corrected chi connectivity index (χ2v) is 9.35. The van der Waals surface area contributed by atoms with Gasteiger partial charge in [-0.15, -0.1) is 0 Å². The molecule has 4 rings (SSSR count). The van der Waals surface area contributed by atoms with Gasteiger partial charge in [-0.2, -0.15) is 4.98 Å². The Hall–Kier alpha value is -2.52. The number of likely N-dealkylation sites (N-methyl/N-ethyl adjacent to an activating group) is 1. The van der Waals surface area contributed by atoms with Crippen LogP contribution >= 0.6 is 23.4 Å². The van der Waals surface area contributed by atoms with Gasteiger partial charge in [0.2, 0.25) is 11.8 Å². The number of methoxy groups -OCH3 is 1. The van der Waals surface area contributed by atoms with E-state index in [1.165, 1.54) is 11.8 Å². The van der Waals surface area contributed by atoms with Gasteiger partial charge in [-0.05, 0) is 42.4 Å². The van der Waals surface area contributed by atoms with E-state index in [9.17, 15) is 0 Å². The maximum atomic E-state index is 6.37. The summed E-state index contributed by atoms with van der Waals surface area (Å²) >= 11 is 7.88. The van der Waals surface area contributed by atoms with Crippen LogP contribution in [0.2, 0.25) is 5.02 Å². The van der Waals surface area contributed by atoms with Gasteiger partial charge < -0.3 is 25.0 Å². The van der Waals surface area contributed by atoms with Crippen LogP contribution in [0, 0.1) is 0 Å². The predicted octanol–water partition coefficient (Wildman–Crippen LogP) is 4.08. The van der Waals surface area contributed by atoms with Crippen molar-refractivity contribution in [3.63, 3.8) is 0 Å². The molecule has 1 aromatic heterocycles. The summed E-state index contributed by atoms with van der Waals surface area (Å²) < 4.78 is 11.5. The van der Waals surface area contributed by atoms with Crippen LogP contribution in [0.5, 0.6) is 11.6 Å². The van der Waals surface area contributed by atoms with E-state index in [0.717, 1.165) is 52.8 Å². The number of nitrogens with two attached hydrogens (primary N) is 1. The molecule has 2 aromatic carbocycles. The van der Waals surface area contributed by atoms with Gasteiger partial charge in [-0.1, -0.05) is 41.6 Å². The van der Waals surface area contributed by atoms with Gasteiger partial charge in [0.15, 0.2) is 0 Å². The summed E-state index contributed by atoms with van der Waals surface area (Å²) in [5.74, 6) is 2.02. The second-order valence-electron chi connectivity index (χ2n) is 7.83. The van der Waals surface area contributed by atoms with Crippen LogP contribution in [0.4, 0.5) is 5.95 Å². The molecule has 2 N–H and O–H groups in total. The SMILES string of the molecule is COc1cccc(COc2nc(N3CCN(C)CC3)ncc2Sc2ccc(CN)c(Cl)c2)c1. The Kier molecular flexibility index (Phi) is 7.93. The summed E-state index contributed by atoms with van der Waals surface area (Å²) in [6.45, 7) is 4.50. The lowest BCUT2D eigenvalue weighted by atomic mass is 10.2. The molecule has 0 aliphatic carbocycles. The quantitative estimate of drug-likeness (QED) is 0.511. The molecule has 0 atom stereocenters. The number of anilines is 1. The van der Waals surface area contributed by atoms with Crippen molar-refractivity contribution in [3.05, 3.63) is 64.8 Å². The van der Waals surface area contributed by atoms with Gasteiger partial charge >= 0.3 is 0 Å². The molecule has 2 heterocycles. The van der Waals surface area contributed by atoms with E-state index in [0.29, 0.717) is 30.0 Å². The first kappa shape index (κ1) is 23.6. The Morgan fingerprint density at radius 1 is 1.12 bits per heavy atom. The molecule has 0 bridgehead atoms. The number of halogens is 1. The van der Waals surface area contributed by atoms with Crippen molar-refractivity contribution in [3.8, 4) is 11.6 Å². The minimum Gasteiger partial charge on any atom is -0.497 e. The van der Waals surface area contributed by atoms with Gasteiger partial charge in [0.05, 0.1) is 18.2 Å². The lowest BCUT2D eigenvalue weighted by Crippen LogP contribution is -2.45. The molecule has 1 saturated heterocycles. The van der Waals surface area contributed by atoms with E-state index < -0.39 is 0 Å². The van der Waals surface area contributed by atoms with Crippen LogP contribution in [0.15, 0.2) is 58.5 Å². The monoisotopic (exact) mass is 485 g/mol. The van der Waals surface area contributed by atoms with Crippen molar-refractivity contribution in [2.24, 2.45) is 5.73 Å². The van der Waals surface area contributed by atoms with Gasteiger partial charge in [0.1, 0.15) is 12.4 Å². The maximum absolute atomic E-state index is 6.37. The molecule has 7 nitrogen and oxygen atoms in total. The summed E-state index contributed by atoms with van der Waals surface area (Å²) in [4.78, 5) is 15.7. The lowest BCUT2D eigenvalue weighted by molar-refractivity contribution is 0.282. The average molecular weight is 486 g/mol. The Labute approximate surface area is 203 Å². The van der Waals surface area contributed by atoms with Crippen molar-refractivity contribution in [1.29, 1.82) is 0 Å². The summed E-state index contributed by atoms with van der Waals surface area (Å²) in [5.41, 5.74) is 7.66. The molecule has 1 aliphatic rings. The van der Waals surface area contributed by atoms with Crippen LogP contribution in [0.25, 0.3) is 0 Å². The fraction of sp³-hybridized carbons (Fsp3) is 0.333. The molecule has 0 unspecified atom stereocenters. The molecule has 1 fully saturated rings. The topological polar surface area (TPSA) is 76.7 Å². The number of hydrogen-bond donors (Lipinski definition) is 1. The molecule has 0 spiro atoms. The largest absolute Gasteiger partial charge is 0.497 e. The number of hydrogen-bond acceptors (Lipinski definition) is 8. The highest BCUT2D eigenvalue weighted by Crippen LogP contribution is 2.36. The highest BCUT2D eigenvalue weighted by molar-refractivity contribution is 7.99. The Balaban J connectivity index is 1.59. The Morgan fingerprint density at radius 2 is 1.94 bits per heavy atom. The van der Waals surface area contributed by atoms with Crippen LogP contribution in [-0.2, 0) is 13.2 Å². The number of piperazine rings is 1. The third-order valence-corrected chi connectivity index (χ3v) is 6.82. The van der Waals surface area contributed by atoms with E-state index in [-0.39, 0.29) is 0 Å². The van der Waals surface area contributed by atoms with Gasteiger partial charge in [-0.25, -0.2) is 4.98 Å². The highest BCUT2D eigenvalue weighted by atomic mass is 35.5. The first-order valence-electron chi connectivity index (χ1n) is 10.8. The Morgan fingerprint density at radius 3 is 2.67 bits per heavy atom. The van der Waals surface area contributed by atoms with Crippen LogP contribution in [0.1, 0.15) is 11.1 Å². The van der Waals surface area contributed by atoms with E-state index in [1.807, 2.05) is 48.7 Å². The first-order chi connectivity index (χ1) is 16.1. The second kappa shape index (κ2) is 11.1. The fourth-order valence-corrected chi connectivity index (χ4v) is 4.66. The predicted molar refractivity (Wildman–Crippen MR) is 133 cm³/mol. The molecule has 0 saturated carbocycles. The zero-order valence-electron chi connectivity index (χ0n) is 18.8. The number of aromatic nitrogens is 2. The van der Waals surface area contributed by atoms with Crippen molar-refractivity contribution < 1.29 is 9.47 Å². The summed E-state index contributed by atoms with van der Waals surface area (Å²) in [5, 5.41) is 0.649. The molecule has 0 amide bonds. The van der Waals surface area contributed by atoms with E-state index in [2.05, 4.69) is 21.8 Å². The lowest BCUT2D eigenvalue weighted by Gasteiger charge is -2.32. The molecule has 9 heteroatoms. The number of benzene rings is 2. The average Bonchev–Trinajstić information content (AvgIpc) is 2.84. The van der Waals surface area contributed by atoms with Gasteiger partial charge in [0.25, 0.3) is 0 Å². The minimum absolute atomic E-state index is 0.372. The van der Waals surface area contributed by atoms with Crippen molar-refractivity contribution in [1.82, 2.24) is 14.9 Å². The maximum Gasteiger partial charge on any atom is 0.232 e. The third kappa shape index (κ3) is 6.09. The summed E-state index contributed by atoms with van der Waals surface area (Å²) in [6.07, 6.45) is 1.83. The van der Waals surface area contributed by atoms with E-state index >= 15 is 0 Å². The number of rotatable bonds is 8. The van der Waals surface area contributed by atoms with E-state index in [4.69, 9.17) is 31.8 Å². The van der Waals surface area contributed by atoms with Crippen molar-refractivity contribution in [2.45, 2.75) is 22.9 Å². The molecule has 174 valence electrons. The van der Waals surface area contributed by atoms with Crippen LogP contribution in [-0.4, -0.2) is 55.2 Å². The molecule has 1 aliphatic heterocycles. The fourth-order valence-electron chi connectivity index (χ4n) is 3.48. The molecular formula is C24H28ClN5O2S. The Bertz CT molecular complexity index is 1090. The molecule has 0 radical (unpaired) electrons. The standard InChI is InChI=1S/C24H28ClN5O2S/c1-29-8-10-30(11-9-29)24-27-15-22(33-20-7-6-18(14-26)21(25)13-20)23(28-24)32-16-17-4-3-5-19(12-17)31-2/h3-7,12-13,15H,8-11,14,16,26H2,1-2H3. The zero-order chi connectivity index (χ0) is 23.2. The van der Waals surface area contributed by atoms with Gasteiger partial charge in [0, 0.05) is 42.6 Å². The summed E-state index contributed by atoms with van der Waals surface area (Å²) in [6, 6.07) is 13.7. The zero-order valence-corrected chi connectivity index (χ0v) is 20.4. The van der Waals surface area contributed by atoms with Crippen molar-refractivity contribution >= 4 is 29.3 Å². The minimum atomic E-state index is 0.372. The highest BCUT2D eigenvalue weighted by Gasteiger charge is 2.19. The summed E-state index contributed by atoms with van der Waals surface area (Å²) in [7, 11) is 3.78. The number of nitrogens with zero attached hydrogens (tertiary/aromatic N) is 4. The van der Waals surface area contributed by atoms with Gasteiger partial charge in [-0.3, -0.25) is 0 Å². The smallest absolute Gasteiger partial charge is 0.232 e. The van der Waals surface area contributed by atoms with Crippen LogP contribution in [0.3, 0.4) is 0 Å². The first-order valence-corrected chi connectivity index (χ1v) is 12.0. The number of ether oxygens (including phenoxy) is 2. The van der Waals surface area contributed by atoms with Crippen LogP contribution < -0.4 is 20.1 Å². The molecule has 3 aromatic rings. The molecule has 33 heavy (non-hydrogen) atoms. The van der Waals surface area contributed by atoms with E-state index in [1.54, 1.807) is 7.11 Å². The molecular weight excluding hydrogens is 458 g/mol. The van der Waals surface area contributed by atoms with Crippen molar-refractivity contribution in [2.75, 3.05) is 45.2 Å². The third-order valence-electron chi connectivity index (χ3n) is 5.48.